The van der Waals surface area contributed by atoms with Crippen molar-refractivity contribution in [1.29, 1.82) is 0 Å². The van der Waals surface area contributed by atoms with Crippen LogP contribution in [0.1, 0.15) is 6.92 Å². The van der Waals surface area contributed by atoms with Gasteiger partial charge in [-0.05, 0) is 6.92 Å². The smallest absolute Gasteiger partial charge is 0.0668 e. The Morgan fingerprint density at radius 1 is 1.70 bits per heavy atom. The molecule has 0 aromatic heterocycles. The molecule has 0 aliphatic carbocycles. The average molecular weight is 168 g/mol. The molecular weight excluding hydrogens is 154 g/mol. The largest absolute Gasteiger partial charge is 0.394 e. The van der Waals surface area contributed by atoms with Crippen LogP contribution < -0.4 is 5.32 Å². The van der Waals surface area contributed by atoms with Crippen LogP contribution in [-0.2, 0) is 4.74 Å². The van der Waals surface area contributed by atoms with Crippen LogP contribution in [0.4, 0.5) is 0 Å². The van der Waals surface area contributed by atoms with E-state index in [1.54, 1.807) is 0 Å². The number of aliphatic hydroxyl groups is 1. The normalized spacial score (nSPS) is 33.0. The second-order valence-electron chi connectivity index (χ2n) is 2.70. The number of hydrogen-bond acceptors (Lipinski definition) is 3. The fraction of sp³-hybridized carbons (Fsp3) is 1.00. The highest BCUT2D eigenvalue weighted by Gasteiger charge is 2.25. The highest BCUT2D eigenvalue weighted by atomic mass is 35.5. The van der Waals surface area contributed by atoms with Gasteiger partial charge >= 0.3 is 0 Å². The van der Waals surface area contributed by atoms with Gasteiger partial charge in [-0.25, -0.2) is 0 Å². The van der Waals surface area contributed by atoms with Crippen LogP contribution in [0.25, 0.3) is 0 Å². The van der Waals surface area contributed by atoms with Crippen LogP contribution in [0, 0.1) is 0 Å². The van der Waals surface area contributed by atoms with Gasteiger partial charge in [0, 0.05) is 6.54 Å². The molecule has 62 valence electrons. The van der Waals surface area contributed by atoms with Crippen LogP contribution in [0.2, 0.25) is 0 Å². The van der Waals surface area contributed by atoms with E-state index in [4.69, 9.17) is 9.84 Å². The Labute approximate surface area is 67.2 Å². The Hall–Kier alpha value is 0.170. The fourth-order valence-electron chi connectivity index (χ4n) is 0.875. The van der Waals surface area contributed by atoms with Crippen molar-refractivity contribution in [2.24, 2.45) is 0 Å². The third-order valence-electron chi connectivity index (χ3n) is 1.57. The Balaban J connectivity index is 0.000000810. The van der Waals surface area contributed by atoms with Crippen LogP contribution in [0.15, 0.2) is 0 Å². The monoisotopic (exact) mass is 167 g/mol. The summed E-state index contributed by atoms with van der Waals surface area (Å²) in [5.74, 6) is 0. The number of morpholine rings is 1. The average Bonchev–Trinajstić information content (AvgIpc) is 1.90. The molecule has 0 amide bonds. The molecule has 0 radical (unpaired) electrons. The van der Waals surface area contributed by atoms with E-state index in [0.29, 0.717) is 6.61 Å². The zero-order valence-corrected chi connectivity index (χ0v) is 6.91. The molecule has 4 heteroatoms. The molecule has 1 aliphatic rings. The lowest BCUT2D eigenvalue weighted by molar-refractivity contribution is 0.00824. The lowest BCUT2D eigenvalue weighted by Crippen LogP contribution is -2.54. The maximum Gasteiger partial charge on any atom is 0.0668 e. The Bertz CT molecular complexity index is 93.7. The van der Waals surface area contributed by atoms with E-state index in [9.17, 15) is 0 Å². The van der Waals surface area contributed by atoms with E-state index in [1.807, 2.05) is 6.92 Å². The lowest BCUT2D eigenvalue weighted by Gasteiger charge is -2.32. The molecule has 1 fully saturated rings. The third kappa shape index (κ3) is 2.42. The van der Waals surface area contributed by atoms with Gasteiger partial charge in [0.15, 0.2) is 0 Å². The minimum Gasteiger partial charge on any atom is -0.394 e. The predicted molar refractivity (Wildman–Crippen MR) is 41.6 cm³/mol. The first-order valence-corrected chi connectivity index (χ1v) is 3.20. The van der Waals surface area contributed by atoms with Crippen LogP contribution in [0.5, 0.6) is 0 Å². The van der Waals surface area contributed by atoms with Gasteiger partial charge in [-0.3, -0.25) is 0 Å². The Morgan fingerprint density at radius 2 is 2.40 bits per heavy atom. The van der Waals surface area contributed by atoms with Crippen molar-refractivity contribution in [2.75, 3.05) is 26.4 Å². The summed E-state index contributed by atoms with van der Waals surface area (Å²) in [6.45, 7) is 4.31. The molecule has 2 N–H and O–H groups in total. The van der Waals surface area contributed by atoms with E-state index in [2.05, 4.69) is 5.32 Å². The summed E-state index contributed by atoms with van der Waals surface area (Å²) in [5, 5.41) is 12.0. The molecule has 1 aliphatic heterocycles. The number of ether oxygens (including phenoxy) is 1. The molecule has 0 aromatic carbocycles. The van der Waals surface area contributed by atoms with Crippen molar-refractivity contribution in [3.05, 3.63) is 0 Å². The van der Waals surface area contributed by atoms with Gasteiger partial charge in [0.2, 0.25) is 0 Å². The Morgan fingerprint density at radius 3 is 2.70 bits per heavy atom. The van der Waals surface area contributed by atoms with Crippen molar-refractivity contribution >= 4 is 12.4 Å². The zero-order chi connectivity index (χ0) is 6.74. The topological polar surface area (TPSA) is 41.5 Å². The minimum atomic E-state index is -0.196. The summed E-state index contributed by atoms with van der Waals surface area (Å²) in [4.78, 5) is 0. The summed E-state index contributed by atoms with van der Waals surface area (Å²) in [7, 11) is 0. The quantitative estimate of drug-likeness (QED) is 0.568. The number of nitrogens with one attached hydrogen (secondary N) is 1. The molecule has 1 atom stereocenters. The molecule has 0 bridgehead atoms. The highest BCUT2D eigenvalue weighted by Crippen LogP contribution is 2.05. The molecular formula is C6H14ClNO2. The first-order chi connectivity index (χ1) is 4.27. The van der Waals surface area contributed by atoms with Crippen molar-refractivity contribution in [1.82, 2.24) is 5.32 Å². The number of halogens is 1. The van der Waals surface area contributed by atoms with E-state index >= 15 is 0 Å². The predicted octanol–water partition coefficient (Wildman–Crippen LogP) is -0.221. The van der Waals surface area contributed by atoms with Crippen molar-refractivity contribution in [2.45, 2.75) is 12.5 Å². The molecule has 1 unspecified atom stereocenters. The van der Waals surface area contributed by atoms with Gasteiger partial charge in [-0.2, -0.15) is 0 Å². The summed E-state index contributed by atoms with van der Waals surface area (Å²) in [5.41, 5.74) is -0.196. The molecule has 0 spiro atoms. The second kappa shape index (κ2) is 4.13. The van der Waals surface area contributed by atoms with E-state index in [1.165, 1.54) is 0 Å². The first-order valence-electron chi connectivity index (χ1n) is 3.20. The van der Waals surface area contributed by atoms with Crippen LogP contribution in [-0.4, -0.2) is 37.0 Å². The first kappa shape index (κ1) is 10.2. The molecule has 0 aromatic rings. The number of aliphatic hydroxyl groups excluding tert-OH is 1. The van der Waals surface area contributed by atoms with Gasteiger partial charge in [-0.15, -0.1) is 12.4 Å². The summed E-state index contributed by atoms with van der Waals surface area (Å²) in [6, 6.07) is 0. The molecule has 1 rings (SSSR count). The van der Waals surface area contributed by atoms with Crippen molar-refractivity contribution in [3.63, 3.8) is 0 Å². The zero-order valence-electron chi connectivity index (χ0n) is 6.09. The molecule has 1 saturated heterocycles. The maximum absolute atomic E-state index is 8.81. The summed E-state index contributed by atoms with van der Waals surface area (Å²) >= 11 is 0. The van der Waals surface area contributed by atoms with E-state index in [-0.39, 0.29) is 24.6 Å². The lowest BCUT2D eigenvalue weighted by atomic mass is 10.0. The molecule has 10 heavy (non-hydrogen) atoms. The van der Waals surface area contributed by atoms with Gasteiger partial charge in [0.1, 0.15) is 0 Å². The minimum absolute atomic E-state index is 0. The van der Waals surface area contributed by atoms with Crippen LogP contribution >= 0.6 is 12.4 Å². The van der Waals surface area contributed by atoms with Gasteiger partial charge in [-0.1, -0.05) is 0 Å². The molecule has 1 heterocycles. The summed E-state index contributed by atoms with van der Waals surface area (Å²) in [6.07, 6.45) is 0. The van der Waals surface area contributed by atoms with Gasteiger partial charge < -0.3 is 15.2 Å². The maximum atomic E-state index is 8.81. The third-order valence-corrected chi connectivity index (χ3v) is 1.57. The Kier molecular flexibility index (Phi) is 4.20. The van der Waals surface area contributed by atoms with Gasteiger partial charge in [0.05, 0.1) is 25.4 Å². The SMILES string of the molecule is CC1(CO)COCCN1.Cl. The fourth-order valence-corrected chi connectivity index (χ4v) is 0.875. The molecule has 3 nitrogen and oxygen atoms in total. The van der Waals surface area contributed by atoms with Crippen molar-refractivity contribution < 1.29 is 9.84 Å². The van der Waals surface area contributed by atoms with E-state index < -0.39 is 0 Å². The number of rotatable bonds is 1. The van der Waals surface area contributed by atoms with E-state index in [0.717, 1.165) is 13.2 Å². The second-order valence-corrected chi connectivity index (χ2v) is 2.70. The van der Waals surface area contributed by atoms with Gasteiger partial charge in [0.25, 0.3) is 0 Å². The van der Waals surface area contributed by atoms with Crippen molar-refractivity contribution in [3.8, 4) is 0 Å². The van der Waals surface area contributed by atoms with Crippen LogP contribution in [0.3, 0.4) is 0 Å². The summed E-state index contributed by atoms with van der Waals surface area (Å²) < 4.78 is 5.15. The standard InChI is InChI=1S/C6H13NO2.ClH/c1-6(4-8)5-9-3-2-7-6;/h7-8H,2-5H2,1H3;1H. The highest BCUT2D eigenvalue weighted by molar-refractivity contribution is 5.85. The molecule has 0 saturated carbocycles. The number of hydrogen-bond donors (Lipinski definition) is 2.